The first-order valence-corrected chi connectivity index (χ1v) is 12.3. The molecule has 1 unspecified atom stereocenters. The van der Waals surface area contributed by atoms with E-state index in [9.17, 15) is 19.2 Å². The van der Waals surface area contributed by atoms with Gasteiger partial charge in [-0.2, -0.15) is 0 Å². The van der Waals surface area contributed by atoms with E-state index in [0.717, 1.165) is 6.42 Å². The van der Waals surface area contributed by atoms with E-state index in [-0.39, 0.29) is 52.9 Å². The molecular weight excluding hydrogens is 424 g/mol. The number of hydrogen-bond acceptors (Lipinski definition) is 7. The fourth-order valence-corrected chi connectivity index (χ4v) is 8.71. The van der Waals surface area contributed by atoms with Crippen molar-refractivity contribution in [1.29, 1.82) is 0 Å². The molecule has 0 aromatic heterocycles. The van der Waals surface area contributed by atoms with E-state index in [1.807, 2.05) is 6.92 Å². The van der Waals surface area contributed by atoms with Crippen LogP contribution in [0.15, 0.2) is 0 Å². The summed E-state index contributed by atoms with van der Waals surface area (Å²) in [6.45, 7) is 12.6. The Labute approximate surface area is 196 Å². The van der Waals surface area contributed by atoms with Crippen LogP contribution in [0.5, 0.6) is 0 Å². The molecule has 1 spiro atoms. The van der Waals surface area contributed by atoms with E-state index >= 15 is 0 Å². The van der Waals surface area contributed by atoms with Crippen molar-refractivity contribution in [3.63, 3.8) is 0 Å². The highest BCUT2D eigenvalue weighted by Gasteiger charge is 2.75. The number of rotatable bonds is 3. The second-order valence-corrected chi connectivity index (χ2v) is 11.9. The molecule has 4 aliphatic rings. The molecule has 0 amide bonds. The molecule has 0 aliphatic heterocycles. The molecule has 4 rings (SSSR count). The molecule has 0 aromatic carbocycles. The summed E-state index contributed by atoms with van der Waals surface area (Å²) in [5.74, 6) is -1.18. The lowest BCUT2D eigenvalue weighted by atomic mass is 9.39. The summed E-state index contributed by atoms with van der Waals surface area (Å²) in [6, 6.07) is 0. The fourth-order valence-electron chi connectivity index (χ4n) is 8.71. The van der Waals surface area contributed by atoms with Gasteiger partial charge in [0.2, 0.25) is 0 Å². The summed E-state index contributed by atoms with van der Waals surface area (Å²) in [4.78, 5) is 50.2. The highest BCUT2D eigenvalue weighted by molar-refractivity contribution is 5.91. The van der Waals surface area contributed by atoms with Crippen molar-refractivity contribution in [3.8, 4) is 0 Å². The van der Waals surface area contributed by atoms with Crippen LogP contribution in [0.4, 0.5) is 0 Å². The van der Waals surface area contributed by atoms with E-state index in [0.29, 0.717) is 25.7 Å². The van der Waals surface area contributed by atoms with Gasteiger partial charge in [-0.05, 0) is 49.4 Å². The Morgan fingerprint density at radius 3 is 2.03 bits per heavy atom. The molecule has 7 nitrogen and oxygen atoms in total. The topological polar surface area (TPSA) is 96.0 Å². The summed E-state index contributed by atoms with van der Waals surface area (Å²) in [5.41, 5.74) is -1.57. The molecule has 0 radical (unpaired) electrons. The molecule has 4 aliphatic carbocycles. The molecule has 4 saturated carbocycles. The maximum Gasteiger partial charge on any atom is 0.302 e. The molecular formula is C26H38O7. The minimum atomic E-state index is -0.844. The normalized spacial score (nSPS) is 45.4. The van der Waals surface area contributed by atoms with Crippen LogP contribution >= 0.6 is 0 Å². The van der Waals surface area contributed by atoms with Crippen molar-refractivity contribution in [3.05, 3.63) is 0 Å². The molecule has 0 saturated heterocycles. The first kappa shape index (κ1) is 24.2. The summed E-state index contributed by atoms with van der Waals surface area (Å²) >= 11 is 0. The Morgan fingerprint density at radius 1 is 0.879 bits per heavy atom. The zero-order valence-electron chi connectivity index (χ0n) is 20.9. The Bertz CT molecular complexity index is 878. The van der Waals surface area contributed by atoms with Gasteiger partial charge in [0.25, 0.3) is 0 Å². The van der Waals surface area contributed by atoms with Gasteiger partial charge in [-0.3, -0.25) is 19.2 Å². The smallest absolute Gasteiger partial charge is 0.302 e. The van der Waals surface area contributed by atoms with Crippen LogP contribution in [-0.2, 0) is 33.4 Å². The Kier molecular flexibility index (Phi) is 5.73. The first-order chi connectivity index (χ1) is 15.2. The molecule has 9 atom stereocenters. The van der Waals surface area contributed by atoms with Gasteiger partial charge in [-0.15, -0.1) is 0 Å². The number of fused-ring (bicyclic) bond motifs is 3. The molecule has 0 aromatic rings. The Morgan fingerprint density at radius 2 is 1.45 bits per heavy atom. The van der Waals surface area contributed by atoms with Crippen LogP contribution in [0.1, 0.15) is 80.6 Å². The third kappa shape index (κ3) is 3.44. The van der Waals surface area contributed by atoms with Gasteiger partial charge in [0.15, 0.2) is 0 Å². The monoisotopic (exact) mass is 462 g/mol. The van der Waals surface area contributed by atoms with Crippen LogP contribution in [0.2, 0.25) is 0 Å². The SMILES string of the molecule is CC(=O)O[C@H]1C[C@H]2C[C@@]3(C(=O)[C@@H]2C)[C@@H]1[C@]1(C)CC[C@@H](OC(C)=O)C(C)(C)C1C[C@H]3OC(C)=O. The van der Waals surface area contributed by atoms with Crippen molar-refractivity contribution in [2.24, 2.45) is 39.9 Å². The van der Waals surface area contributed by atoms with Crippen LogP contribution in [0.25, 0.3) is 0 Å². The van der Waals surface area contributed by atoms with E-state index in [1.54, 1.807) is 0 Å². The summed E-state index contributed by atoms with van der Waals surface area (Å²) < 4.78 is 17.6. The van der Waals surface area contributed by atoms with Gasteiger partial charge in [-0.25, -0.2) is 0 Å². The minimum Gasteiger partial charge on any atom is -0.462 e. The predicted octanol–water partition coefficient (Wildman–Crippen LogP) is 3.86. The highest BCUT2D eigenvalue weighted by atomic mass is 16.6. The Balaban J connectivity index is 1.87. The summed E-state index contributed by atoms with van der Waals surface area (Å²) in [7, 11) is 0. The molecule has 184 valence electrons. The molecule has 0 heterocycles. The largest absolute Gasteiger partial charge is 0.462 e. The number of hydrogen-bond donors (Lipinski definition) is 0. The number of carbonyl (C=O) groups excluding carboxylic acids is 4. The van der Waals surface area contributed by atoms with Gasteiger partial charge in [0.1, 0.15) is 24.1 Å². The average Bonchev–Trinajstić information content (AvgIpc) is 2.87. The van der Waals surface area contributed by atoms with E-state index < -0.39 is 29.0 Å². The van der Waals surface area contributed by atoms with Gasteiger partial charge in [0.05, 0.1) is 5.41 Å². The second kappa shape index (κ2) is 7.81. The quantitative estimate of drug-likeness (QED) is 0.464. The maximum atomic E-state index is 14.0. The lowest BCUT2D eigenvalue weighted by Gasteiger charge is -2.66. The lowest BCUT2D eigenvalue weighted by molar-refractivity contribution is -0.250. The molecule has 4 fully saturated rings. The van der Waals surface area contributed by atoms with Gasteiger partial charge < -0.3 is 14.2 Å². The van der Waals surface area contributed by atoms with E-state index in [4.69, 9.17) is 14.2 Å². The maximum absolute atomic E-state index is 14.0. The van der Waals surface area contributed by atoms with Crippen LogP contribution in [-0.4, -0.2) is 42.0 Å². The fraction of sp³-hybridized carbons (Fsp3) is 0.846. The lowest BCUT2D eigenvalue weighted by Crippen LogP contribution is -2.69. The van der Waals surface area contributed by atoms with Gasteiger partial charge in [-0.1, -0.05) is 27.7 Å². The number of ether oxygens (including phenoxy) is 3. The Hall–Kier alpha value is -1.92. The first-order valence-electron chi connectivity index (χ1n) is 12.3. The zero-order chi connectivity index (χ0) is 24.5. The highest BCUT2D eigenvalue weighted by Crippen LogP contribution is 2.72. The predicted molar refractivity (Wildman–Crippen MR) is 119 cm³/mol. The van der Waals surface area contributed by atoms with Crippen molar-refractivity contribution in [1.82, 2.24) is 0 Å². The van der Waals surface area contributed by atoms with Crippen molar-refractivity contribution in [2.75, 3.05) is 0 Å². The number of esters is 3. The van der Waals surface area contributed by atoms with Crippen LogP contribution < -0.4 is 0 Å². The third-order valence-corrected chi connectivity index (χ3v) is 9.78. The molecule has 2 bridgehead atoms. The van der Waals surface area contributed by atoms with Gasteiger partial charge in [0, 0.05) is 38.0 Å². The number of ketones is 1. The van der Waals surface area contributed by atoms with Gasteiger partial charge >= 0.3 is 17.9 Å². The summed E-state index contributed by atoms with van der Waals surface area (Å²) in [5, 5.41) is 0. The van der Waals surface area contributed by atoms with Crippen LogP contribution in [0, 0.1) is 39.9 Å². The van der Waals surface area contributed by atoms with E-state index in [2.05, 4.69) is 20.8 Å². The van der Waals surface area contributed by atoms with Crippen LogP contribution in [0.3, 0.4) is 0 Å². The van der Waals surface area contributed by atoms with Crippen molar-refractivity contribution >= 4 is 23.7 Å². The molecule has 0 N–H and O–H groups in total. The summed E-state index contributed by atoms with van der Waals surface area (Å²) in [6.07, 6.45) is 2.06. The molecule has 33 heavy (non-hydrogen) atoms. The van der Waals surface area contributed by atoms with Crippen molar-refractivity contribution in [2.45, 2.75) is 98.9 Å². The van der Waals surface area contributed by atoms with E-state index in [1.165, 1.54) is 20.8 Å². The third-order valence-electron chi connectivity index (χ3n) is 9.78. The average molecular weight is 463 g/mol. The number of carbonyl (C=O) groups is 4. The van der Waals surface area contributed by atoms with Crippen molar-refractivity contribution < 1.29 is 33.4 Å². The standard InChI is InChI=1S/C26H38O7/c1-13-17-10-18(31-14(2)27)22-25(7)9-8-20(32-15(3)28)24(5,6)19(25)11-21(33-16(4)29)26(22,12-17)23(13)30/h13,17-22H,8-12H2,1-7H3/t13-,17+,18+,19?,20-,21-,22+,25-,26+/m1/s1. The second-order valence-electron chi connectivity index (χ2n) is 11.9. The zero-order valence-corrected chi connectivity index (χ0v) is 20.9. The molecule has 7 heteroatoms. The minimum absolute atomic E-state index is 0.0152. The number of Topliss-reactive ketones (excluding diaryl/α,β-unsaturated/α-hetero) is 1.